The van der Waals surface area contributed by atoms with Gasteiger partial charge in [0.25, 0.3) is 5.91 Å². The molecule has 0 aliphatic heterocycles. The second-order valence-electron chi connectivity index (χ2n) is 4.87. The van der Waals surface area contributed by atoms with Crippen molar-refractivity contribution in [3.05, 3.63) is 17.5 Å². The molecule has 0 saturated carbocycles. The first-order valence-corrected chi connectivity index (χ1v) is 7.04. The van der Waals surface area contributed by atoms with Gasteiger partial charge < -0.3 is 10.0 Å². The fourth-order valence-corrected chi connectivity index (χ4v) is 2.02. The summed E-state index contributed by atoms with van der Waals surface area (Å²) in [5.41, 5.74) is 1.15. The Hall–Kier alpha value is -1.85. The molecule has 0 spiro atoms. The van der Waals surface area contributed by atoms with Crippen molar-refractivity contribution in [2.75, 3.05) is 13.1 Å². The number of aromatic nitrogens is 2. The third-order valence-corrected chi connectivity index (χ3v) is 3.02. The lowest BCUT2D eigenvalue weighted by Crippen LogP contribution is -2.36. The first-order chi connectivity index (χ1) is 9.49. The highest BCUT2D eigenvalue weighted by atomic mass is 16.4. The Bertz CT molecular complexity index is 468. The Kier molecular flexibility index (Phi) is 6.21. The standard InChI is InChI=1S/C14H23N3O3/c1-4-6-8-17-9-12(11(3)15-17)14(20)16(7-5-2)10-13(18)19/h9H,4-8,10H2,1-3H3,(H,18,19). The van der Waals surface area contributed by atoms with Gasteiger partial charge in [0.2, 0.25) is 0 Å². The second kappa shape index (κ2) is 7.67. The number of rotatable bonds is 8. The molecule has 0 unspecified atom stereocenters. The van der Waals surface area contributed by atoms with Crippen molar-refractivity contribution in [2.24, 2.45) is 0 Å². The van der Waals surface area contributed by atoms with Crippen LogP contribution in [0.1, 0.15) is 49.2 Å². The van der Waals surface area contributed by atoms with Gasteiger partial charge >= 0.3 is 5.97 Å². The molecule has 112 valence electrons. The first-order valence-electron chi connectivity index (χ1n) is 7.04. The van der Waals surface area contributed by atoms with Gasteiger partial charge in [0.05, 0.1) is 11.3 Å². The van der Waals surface area contributed by atoms with E-state index in [2.05, 4.69) is 12.0 Å². The van der Waals surface area contributed by atoms with E-state index in [1.807, 2.05) is 6.92 Å². The zero-order valence-electron chi connectivity index (χ0n) is 12.4. The average Bonchev–Trinajstić information content (AvgIpc) is 2.75. The van der Waals surface area contributed by atoms with Crippen molar-refractivity contribution in [3.8, 4) is 0 Å². The zero-order chi connectivity index (χ0) is 15.1. The van der Waals surface area contributed by atoms with Gasteiger partial charge in [-0.2, -0.15) is 5.10 Å². The van der Waals surface area contributed by atoms with Crippen LogP contribution in [0.5, 0.6) is 0 Å². The van der Waals surface area contributed by atoms with E-state index in [0.29, 0.717) is 17.8 Å². The number of carbonyl (C=O) groups excluding carboxylic acids is 1. The third-order valence-electron chi connectivity index (χ3n) is 3.02. The molecule has 0 radical (unpaired) electrons. The fourth-order valence-electron chi connectivity index (χ4n) is 2.02. The molecule has 0 aliphatic carbocycles. The molecule has 20 heavy (non-hydrogen) atoms. The molecule has 0 aliphatic rings. The predicted octanol–water partition coefficient (Wildman–Crippen LogP) is 1.93. The molecule has 0 aromatic carbocycles. The summed E-state index contributed by atoms with van der Waals surface area (Å²) in [6, 6.07) is 0. The molecule has 1 aromatic heterocycles. The van der Waals surface area contributed by atoms with Gasteiger partial charge in [0.1, 0.15) is 6.54 Å². The van der Waals surface area contributed by atoms with Gasteiger partial charge in [-0.05, 0) is 19.8 Å². The summed E-state index contributed by atoms with van der Waals surface area (Å²) in [6.07, 6.45) is 4.51. The van der Waals surface area contributed by atoms with Crippen molar-refractivity contribution in [1.82, 2.24) is 14.7 Å². The van der Waals surface area contributed by atoms with Gasteiger partial charge in [-0.15, -0.1) is 0 Å². The van der Waals surface area contributed by atoms with Gasteiger partial charge in [-0.1, -0.05) is 20.3 Å². The number of hydrogen-bond donors (Lipinski definition) is 1. The summed E-state index contributed by atoms with van der Waals surface area (Å²) in [6.45, 7) is 6.73. The van der Waals surface area contributed by atoms with Crippen molar-refractivity contribution in [1.29, 1.82) is 0 Å². The quantitative estimate of drug-likeness (QED) is 0.790. The summed E-state index contributed by atoms with van der Waals surface area (Å²) in [5, 5.41) is 13.2. The predicted molar refractivity (Wildman–Crippen MR) is 75.7 cm³/mol. The largest absolute Gasteiger partial charge is 0.480 e. The van der Waals surface area contributed by atoms with Gasteiger partial charge in [0, 0.05) is 19.3 Å². The van der Waals surface area contributed by atoms with Crippen molar-refractivity contribution in [2.45, 2.75) is 46.6 Å². The van der Waals surface area contributed by atoms with E-state index in [1.165, 1.54) is 4.90 Å². The number of carbonyl (C=O) groups is 2. The molecule has 1 N–H and O–H groups in total. The van der Waals surface area contributed by atoms with Crippen molar-refractivity contribution >= 4 is 11.9 Å². The third kappa shape index (κ3) is 4.36. The molecule has 0 saturated heterocycles. The Morgan fingerprint density at radius 1 is 1.35 bits per heavy atom. The molecule has 0 fully saturated rings. The van der Waals surface area contributed by atoms with E-state index in [0.717, 1.165) is 25.8 Å². The summed E-state index contributed by atoms with van der Waals surface area (Å²) in [4.78, 5) is 24.6. The van der Waals surface area contributed by atoms with E-state index in [9.17, 15) is 9.59 Å². The Balaban J connectivity index is 2.87. The number of nitrogens with zero attached hydrogens (tertiary/aromatic N) is 3. The summed E-state index contributed by atoms with van der Waals surface area (Å²) >= 11 is 0. The van der Waals surface area contributed by atoms with Crippen LogP contribution in [-0.2, 0) is 11.3 Å². The number of carboxylic acid groups (broad SMARTS) is 1. The van der Waals surface area contributed by atoms with Gasteiger partial charge in [-0.25, -0.2) is 0 Å². The van der Waals surface area contributed by atoms with E-state index in [1.54, 1.807) is 17.8 Å². The minimum atomic E-state index is -0.997. The maximum absolute atomic E-state index is 12.4. The molecule has 1 rings (SSSR count). The van der Waals surface area contributed by atoms with Crippen LogP contribution in [0.15, 0.2) is 6.20 Å². The fraction of sp³-hybridized carbons (Fsp3) is 0.643. The first kappa shape index (κ1) is 16.2. The average molecular weight is 281 g/mol. The molecular formula is C14H23N3O3. The number of carboxylic acids is 1. The highest BCUT2D eigenvalue weighted by Crippen LogP contribution is 2.11. The van der Waals surface area contributed by atoms with E-state index in [-0.39, 0.29) is 12.5 Å². The summed E-state index contributed by atoms with van der Waals surface area (Å²) < 4.78 is 1.76. The highest BCUT2D eigenvalue weighted by Gasteiger charge is 2.21. The number of unbranched alkanes of at least 4 members (excludes halogenated alkanes) is 1. The molecule has 6 nitrogen and oxygen atoms in total. The Morgan fingerprint density at radius 3 is 2.60 bits per heavy atom. The number of aliphatic carboxylic acids is 1. The maximum Gasteiger partial charge on any atom is 0.323 e. The Morgan fingerprint density at radius 2 is 2.05 bits per heavy atom. The van der Waals surface area contributed by atoms with Crippen LogP contribution in [0.3, 0.4) is 0 Å². The number of aryl methyl sites for hydroxylation is 2. The minimum absolute atomic E-state index is 0.255. The Labute approximate surface area is 119 Å². The molecule has 1 aromatic rings. The monoisotopic (exact) mass is 281 g/mol. The lowest BCUT2D eigenvalue weighted by Gasteiger charge is -2.19. The lowest BCUT2D eigenvalue weighted by molar-refractivity contribution is -0.137. The maximum atomic E-state index is 12.4. The smallest absolute Gasteiger partial charge is 0.323 e. The van der Waals surface area contributed by atoms with Gasteiger partial charge in [0.15, 0.2) is 0 Å². The summed E-state index contributed by atoms with van der Waals surface area (Å²) in [7, 11) is 0. The van der Waals surface area contributed by atoms with Crippen LogP contribution < -0.4 is 0 Å². The van der Waals surface area contributed by atoms with Crippen molar-refractivity contribution < 1.29 is 14.7 Å². The molecule has 1 heterocycles. The molecule has 6 heteroatoms. The summed E-state index contributed by atoms with van der Waals surface area (Å²) in [5.74, 6) is -1.25. The van der Waals surface area contributed by atoms with Crippen LogP contribution >= 0.6 is 0 Å². The topological polar surface area (TPSA) is 75.4 Å². The van der Waals surface area contributed by atoms with E-state index in [4.69, 9.17) is 5.11 Å². The van der Waals surface area contributed by atoms with Crippen LogP contribution in [0.25, 0.3) is 0 Å². The van der Waals surface area contributed by atoms with Crippen LogP contribution in [-0.4, -0.2) is 44.8 Å². The zero-order valence-corrected chi connectivity index (χ0v) is 12.4. The lowest BCUT2D eigenvalue weighted by atomic mass is 10.2. The molecule has 0 atom stereocenters. The molecule has 0 bridgehead atoms. The van der Waals surface area contributed by atoms with Crippen LogP contribution in [0, 0.1) is 6.92 Å². The number of hydrogen-bond acceptors (Lipinski definition) is 3. The van der Waals surface area contributed by atoms with Gasteiger partial charge in [-0.3, -0.25) is 14.3 Å². The second-order valence-corrected chi connectivity index (χ2v) is 4.87. The van der Waals surface area contributed by atoms with E-state index < -0.39 is 5.97 Å². The normalized spacial score (nSPS) is 10.6. The minimum Gasteiger partial charge on any atom is -0.480 e. The highest BCUT2D eigenvalue weighted by molar-refractivity contribution is 5.96. The molecular weight excluding hydrogens is 258 g/mol. The molecule has 1 amide bonds. The van der Waals surface area contributed by atoms with Crippen molar-refractivity contribution in [3.63, 3.8) is 0 Å². The van der Waals surface area contributed by atoms with Crippen LogP contribution in [0.4, 0.5) is 0 Å². The van der Waals surface area contributed by atoms with E-state index >= 15 is 0 Å². The SMILES string of the molecule is CCCCn1cc(C(=O)N(CCC)CC(=O)O)c(C)n1. The van der Waals surface area contributed by atoms with Crippen LogP contribution in [0.2, 0.25) is 0 Å². The number of amides is 1.